The second-order valence-corrected chi connectivity index (χ2v) is 4.29. The van der Waals surface area contributed by atoms with Crippen LogP contribution in [-0.2, 0) is 9.53 Å². The minimum atomic E-state index is -0.00175. The van der Waals surface area contributed by atoms with Gasteiger partial charge in [-0.15, -0.1) is 0 Å². The molecule has 0 aliphatic carbocycles. The Bertz CT molecular complexity index is 511. The lowest BCUT2D eigenvalue weighted by molar-refractivity contribution is -0.129. The van der Waals surface area contributed by atoms with Gasteiger partial charge in [0, 0.05) is 19.2 Å². The maximum Gasteiger partial charge on any atom is 0.246 e. The van der Waals surface area contributed by atoms with E-state index in [1.807, 2.05) is 18.2 Å². The van der Waals surface area contributed by atoms with Crippen molar-refractivity contribution >= 4 is 12.0 Å². The van der Waals surface area contributed by atoms with Gasteiger partial charge >= 0.3 is 0 Å². The molecule has 1 aliphatic heterocycles. The molecule has 0 bridgehead atoms. The van der Waals surface area contributed by atoms with Gasteiger partial charge in [-0.1, -0.05) is 12.1 Å². The third kappa shape index (κ3) is 4.11. The summed E-state index contributed by atoms with van der Waals surface area (Å²) in [7, 11) is 0. The Hall–Kier alpha value is -2.32. The lowest BCUT2D eigenvalue weighted by Gasteiger charge is -2.25. The van der Waals surface area contributed by atoms with E-state index in [4.69, 9.17) is 14.7 Å². The van der Waals surface area contributed by atoms with Crippen molar-refractivity contribution in [3.63, 3.8) is 0 Å². The molecule has 1 amide bonds. The number of benzene rings is 1. The number of nitriles is 1. The van der Waals surface area contributed by atoms with Crippen LogP contribution in [0.25, 0.3) is 6.08 Å². The summed E-state index contributed by atoms with van der Waals surface area (Å²) in [5, 5.41) is 8.41. The fraction of sp³-hybridized carbons (Fsp3) is 0.333. The van der Waals surface area contributed by atoms with Gasteiger partial charge in [-0.3, -0.25) is 4.79 Å². The second-order valence-electron chi connectivity index (χ2n) is 4.29. The molecule has 1 aromatic rings. The van der Waals surface area contributed by atoms with E-state index in [0.717, 1.165) is 5.56 Å². The summed E-state index contributed by atoms with van der Waals surface area (Å²) in [5.41, 5.74) is 0.913. The third-order valence-corrected chi connectivity index (χ3v) is 2.92. The first kappa shape index (κ1) is 14.1. The van der Waals surface area contributed by atoms with Gasteiger partial charge in [0.1, 0.15) is 11.8 Å². The van der Waals surface area contributed by atoms with Gasteiger partial charge in [0.2, 0.25) is 5.91 Å². The van der Waals surface area contributed by atoms with E-state index in [9.17, 15) is 4.79 Å². The summed E-state index contributed by atoms with van der Waals surface area (Å²) in [6.07, 6.45) is 3.34. The SMILES string of the molecule is N#CCOc1ccc(/C=C/C(=O)N2CCOCC2)cc1. The molecule has 5 heteroatoms. The molecule has 1 aliphatic rings. The van der Waals surface area contributed by atoms with Crippen LogP contribution >= 0.6 is 0 Å². The Kier molecular flexibility index (Phi) is 5.15. The molecule has 5 nitrogen and oxygen atoms in total. The molecule has 1 aromatic carbocycles. The number of rotatable bonds is 4. The first-order valence-electron chi connectivity index (χ1n) is 6.44. The van der Waals surface area contributed by atoms with Gasteiger partial charge in [0.05, 0.1) is 13.2 Å². The number of ether oxygens (including phenoxy) is 2. The zero-order valence-corrected chi connectivity index (χ0v) is 11.1. The van der Waals surface area contributed by atoms with Crippen LogP contribution in [-0.4, -0.2) is 43.7 Å². The van der Waals surface area contributed by atoms with Gasteiger partial charge in [0.25, 0.3) is 0 Å². The molecule has 104 valence electrons. The summed E-state index contributed by atoms with van der Waals surface area (Å²) in [6, 6.07) is 9.14. The van der Waals surface area contributed by atoms with Gasteiger partial charge in [0.15, 0.2) is 6.61 Å². The van der Waals surface area contributed by atoms with E-state index in [1.165, 1.54) is 0 Å². The number of carbonyl (C=O) groups is 1. The molecule has 0 radical (unpaired) electrons. The molecule has 0 spiro atoms. The Labute approximate surface area is 118 Å². The lowest BCUT2D eigenvalue weighted by Crippen LogP contribution is -2.39. The first-order chi connectivity index (χ1) is 9.79. The largest absolute Gasteiger partial charge is 0.479 e. The quantitative estimate of drug-likeness (QED) is 0.778. The molecule has 1 fully saturated rings. The highest BCUT2D eigenvalue weighted by Gasteiger charge is 2.13. The molecule has 0 saturated carbocycles. The van der Waals surface area contributed by atoms with Crippen molar-refractivity contribution in [2.45, 2.75) is 0 Å². The fourth-order valence-corrected chi connectivity index (χ4v) is 1.85. The molecule has 1 saturated heterocycles. The van der Waals surface area contributed by atoms with E-state index >= 15 is 0 Å². The Morgan fingerprint density at radius 3 is 2.70 bits per heavy atom. The smallest absolute Gasteiger partial charge is 0.246 e. The van der Waals surface area contributed by atoms with E-state index in [-0.39, 0.29) is 12.5 Å². The van der Waals surface area contributed by atoms with E-state index in [0.29, 0.717) is 32.1 Å². The van der Waals surface area contributed by atoms with Crippen molar-refractivity contribution in [1.82, 2.24) is 4.90 Å². The van der Waals surface area contributed by atoms with Crippen molar-refractivity contribution in [2.24, 2.45) is 0 Å². The summed E-state index contributed by atoms with van der Waals surface area (Å²) in [4.78, 5) is 13.7. The number of hydrogen-bond donors (Lipinski definition) is 0. The molecular weight excluding hydrogens is 256 g/mol. The Morgan fingerprint density at radius 2 is 2.05 bits per heavy atom. The topological polar surface area (TPSA) is 62.6 Å². The molecule has 0 atom stereocenters. The van der Waals surface area contributed by atoms with Gasteiger partial charge in [-0.05, 0) is 23.8 Å². The van der Waals surface area contributed by atoms with Gasteiger partial charge in [-0.2, -0.15) is 5.26 Å². The van der Waals surface area contributed by atoms with Crippen LogP contribution in [0, 0.1) is 11.3 Å². The number of morpholine rings is 1. The number of nitrogens with zero attached hydrogens (tertiary/aromatic N) is 2. The monoisotopic (exact) mass is 272 g/mol. The highest BCUT2D eigenvalue weighted by molar-refractivity contribution is 5.91. The van der Waals surface area contributed by atoms with Crippen LogP contribution in [0.2, 0.25) is 0 Å². The number of amides is 1. The van der Waals surface area contributed by atoms with Gasteiger partial charge in [-0.25, -0.2) is 0 Å². The molecular formula is C15H16N2O3. The molecule has 1 heterocycles. The minimum absolute atomic E-state index is 0.00175. The third-order valence-electron chi connectivity index (χ3n) is 2.92. The minimum Gasteiger partial charge on any atom is -0.479 e. The zero-order valence-electron chi connectivity index (χ0n) is 11.1. The van der Waals surface area contributed by atoms with Crippen LogP contribution in [0.5, 0.6) is 5.75 Å². The van der Waals surface area contributed by atoms with Crippen LogP contribution in [0.1, 0.15) is 5.56 Å². The number of carbonyl (C=O) groups excluding carboxylic acids is 1. The predicted octanol–water partition coefficient (Wildman–Crippen LogP) is 1.46. The molecule has 0 N–H and O–H groups in total. The van der Waals surface area contributed by atoms with Crippen LogP contribution < -0.4 is 4.74 Å². The number of hydrogen-bond acceptors (Lipinski definition) is 4. The fourth-order valence-electron chi connectivity index (χ4n) is 1.85. The summed E-state index contributed by atoms with van der Waals surface area (Å²) in [5.74, 6) is 0.640. The van der Waals surface area contributed by atoms with Crippen LogP contribution in [0.3, 0.4) is 0 Å². The summed E-state index contributed by atoms with van der Waals surface area (Å²) >= 11 is 0. The normalized spacial score (nSPS) is 15.1. The standard InChI is InChI=1S/C15H16N2O3/c16-7-10-20-14-4-1-13(2-5-14)3-6-15(18)17-8-11-19-12-9-17/h1-6H,8-12H2/b6-3+. The average Bonchev–Trinajstić information content (AvgIpc) is 2.52. The molecule has 0 aromatic heterocycles. The maximum atomic E-state index is 11.9. The highest BCUT2D eigenvalue weighted by Crippen LogP contribution is 2.13. The first-order valence-corrected chi connectivity index (χ1v) is 6.44. The second kappa shape index (κ2) is 7.31. The van der Waals surface area contributed by atoms with Crippen LogP contribution in [0.15, 0.2) is 30.3 Å². The molecule has 20 heavy (non-hydrogen) atoms. The van der Waals surface area contributed by atoms with Crippen molar-refractivity contribution in [3.05, 3.63) is 35.9 Å². The summed E-state index contributed by atoms with van der Waals surface area (Å²) in [6.45, 7) is 2.52. The van der Waals surface area contributed by atoms with Gasteiger partial charge < -0.3 is 14.4 Å². The van der Waals surface area contributed by atoms with Crippen molar-refractivity contribution in [2.75, 3.05) is 32.9 Å². The van der Waals surface area contributed by atoms with E-state index < -0.39 is 0 Å². The summed E-state index contributed by atoms with van der Waals surface area (Å²) < 4.78 is 10.4. The van der Waals surface area contributed by atoms with Crippen molar-refractivity contribution < 1.29 is 14.3 Å². The van der Waals surface area contributed by atoms with Crippen molar-refractivity contribution in [3.8, 4) is 11.8 Å². The Morgan fingerprint density at radius 1 is 1.35 bits per heavy atom. The van der Waals surface area contributed by atoms with E-state index in [1.54, 1.807) is 29.2 Å². The van der Waals surface area contributed by atoms with Crippen molar-refractivity contribution in [1.29, 1.82) is 5.26 Å². The molecule has 2 rings (SSSR count). The van der Waals surface area contributed by atoms with E-state index in [2.05, 4.69) is 0 Å². The lowest BCUT2D eigenvalue weighted by atomic mass is 10.2. The highest BCUT2D eigenvalue weighted by atomic mass is 16.5. The van der Waals surface area contributed by atoms with Crippen LogP contribution in [0.4, 0.5) is 0 Å². The molecule has 0 unspecified atom stereocenters. The maximum absolute atomic E-state index is 11.9. The zero-order chi connectivity index (χ0) is 14.2. The average molecular weight is 272 g/mol. The Balaban J connectivity index is 1.90. The predicted molar refractivity (Wildman–Crippen MR) is 74.0 cm³/mol.